The molecule has 1 heterocycles. The number of ether oxygens (including phenoxy) is 1. The van der Waals surface area contributed by atoms with Crippen molar-refractivity contribution >= 4 is 64.0 Å². The van der Waals surface area contributed by atoms with Crippen molar-refractivity contribution in [3.05, 3.63) is 99.2 Å². The molecule has 0 spiro atoms. The van der Waals surface area contributed by atoms with E-state index in [1.165, 1.54) is 0 Å². The highest BCUT2D eigenvalue weighted by Crippen LogP contribution is 2.34. The molecule has 1 aliphatic rings. The van der Waals surface area contributed by atoms with Gasteiger partial charge >= 0.3 is 5.97 Å². The van der Waals surface area contributed by atoms with Crippen molar-refractivity contribution in [2.45, 2.75) is 33.3 Å². The van der Waals surface area contributed by atoms with Crippen molar-refractivity contribution in [1.82, 2.24) is 0 Å². The first kappa shape index (κ1) is 27.9. The molecule has 1 aliphatic heterocycles. The van der Waals surface area contributed by atoms with E-state index in [4.69, 9.17) is 27.9 Å². The van der Waals surface area contributed by atoms with Gasteiger partial charge in [0.25, 0.3) is 11.8 Å². The summed E-state index contributed by atoms with van der Waals surface area (Å²) in [5.74, 6) is -1.99. The number of hydrogen-bond acceptors (Lipinski definition) is 6. The number of hydrogen-bond donors (Lipinski definition) is 2. The highest BCUT2D eigenvalue weighted by atomic mass is 35.5. The molecule has 0 aliphatic carbocycles. The molecule has 0 radical (unpaired) electrons. The van der Waals surface area contributed by atoms with Gasteiger partial charge in [0.05, 0.1) is 23.8 Å². The van der Waals surface area contributed by atoms with Crippen LogP contribution in [0, 0.1) is 6.92 Å². The zero-order chi connectivity index (χ0) is 28.3. The molecule has 0 atom stereocenters. The van der Waals surface area contributed by atoms with E-state index in [2.05, 4.69) is 10.6 Å². The Kier molecular flexibility index (Phi) is 8.38. The van der Waals surface area contributed by atoms with Crippen LogP contribution in [-0.2, 0) is 25.5 Å². The molecular formula is C29H25Cl2N3O5. The Labute approximate surface area is 235 Å². The second kappa shape index (κ2) is 11.7. The van der Waals surface area contributed by atoms with E-state index in [1.807, 2.05) is 0 Å². The zero-order valence-electron chi connectivity index (χ0n) is 21.4. The van der Waals surface area contributed by atoms with Crippen molar-refractivity contribution in [1.29, 1.82) is 0 Å². The molecule has 3 aromatic carbocycles. The van der Waals surface area contributed by atoms with Crippen molar-refractivity contribution in [3.63, 3.8) is 0 Å². The minimum atomic E-state index is -0.649. The molecule has 2 N–H and O–H groups in total. The van der Waals surface area contributed by atoms with E-state index in [9.17, 15) is 19.2 Å². The average Bonchev–Trinajstić information content (AvgIpc) is 3.09. The maximum atomic E-state index is 13.1. The first-order valence-electron chi connectivity index (χ1n) is 12.1. The van der Waals surface area contributed by atoms with Gasteiger partial charge in [0, 0.05) is 16.4 Å². The third-order valence-corrected chi connectivity index (χ3v) is 6.58. The Morgan fingerprint density at radius 3 is 2.31 bits per heavy atom. The number of carbonyl (C=O) groups is 4. The summed E-state index contributed by atoms with van der Waals surface area (Å²) >= 11 is 12.4. The Balaban J connectivity index is 1.40. The first-order valence-corrected chi connectivity index (χ1v) is 12.8. The SMILES string of the molecule is Cc1c(Cl)cccc1N1C(=O)C(Cl)=C(Nc2ccc(CC(=O)Nc3cccc(C(=O)OC(C)C)c3)cc2)C1=O. The van der Waals surface area contributed by atoms with E-state index in [0.29, 0.717) is 38.8 Å². The highest BCUT2D eigenvalue weighted by Gasteiger charge is 2.39. The summed E-state index contributed by atoms with van der Waals surface area (Å²) < 4.78 is 5.19. The minimum Gasteiger partial charge on any atom is -0.459 e. The lowest BCUT2D eigenvalue weighted by atomic mass is 10.1. The Morgan fingerprint density at radius 2 is 1.62 bits per heavy atom. The quantitative estimate of drug-likeness (QED) is 0.263. The predicted octanol–water partition coefficient (Wildman–Crippen LogP) is 5.83. The molecule has 39 heavy (non-hydrogen) atoms. The van der Waals surface area contributed by atoms with Crippen LogP contribution in [0.4, 0.5) is 17.1 Å². The number of nitrogens with zero attached hydrogens (tertiary/aromatic N) is 1. The van der Waals surface area contributed by atoms with E-state index in [0.717, 1.165) is 4.90 Å². The van der Waals surface area contributed by atoms with Gasteiger partial charge in [-0.25, -0.2) is 9.69 Å². The van der Waals surface area contributed by atoms with Gasteiger partial charge in [0.15, 0.2) is 0 Å². The summed E-state index contributed by atoms with van der Waals surface area (Å²) in [6.45, 7) is 5.24. The number of imide groups is 1. The molecule has 10 heteroatoms. The topological polar surface area (TPSA) is 105 Å². The largest absolute Gasteiger partial charge is 0.459 e. The molecule has 0 saturated heterocycles. The van der Waals surface area contributed by atoms with Crippen molar-refractivity contribution < 1.29 is 23.9 Å². The third-order valence-electron chi connectivity index (χ3n) is 5.82. The number of benzene rings is 3. The van der Waals surface area contributed by atoms with Crippen LogP contribution in [0.5, 0.6) is 0 Å². The normalized spacial score (nSPS) is 13.2. The fourth-order valence-electron chi connectivity index (χ4n) is 3.92. The van der Waals surface area contributed by atoms with Crippen molar-refractivity contribution in [2.75, 3.05) is 15.5 Å². The predicted molar refractivity (Wildman–Crippen MR) is 151 cm³/mol. The lowest BCUT2D eigenvalue weighted by Gasteiger charge is -2.18. The third kappa shape index (κ3) is 6.30. The lowest BCUT2D eigenvalue weighted by Crippen LogP contribution is -2.32. The second-order valence-corrected chi connectivity index (χ2v) is 9.89. The van der Waals surface area contributed by atoms with Gasteiger partial charge in [-0.3, -0.25) is 14.4 Å². The molecule has 0 bridgehead atoms. The van der Waals surface area contributed by atoms with Gasteiger partial charge in [0.2, 0.25) is 5.91 Å². The maximum Gasteiger partial charge on any atom is 0.338 e. The van der Waals surface area contributed by atoms with E-state index >= 15 is 0 Å². The van der Waals surface area contributed by atoms with Crippen LogP contribution in [0.3, 0.4) is 0 Å². The number of esters is 1. The monoisotopic (exact) mass is 565 g/mol. The summed E-state index contributed by atoms with van der Waals surface area (Å²) in [5.41, 5.74) is 2.92. The van der Waals surface area contributed by atoms with Crippen LogP contribution in [0.25, 0.3) is 0 Å². The molecule has 0 unspecified atom stereocenters. The fraction of sp³-hybridized carbons (Fsp3) is 0.172. The number of amides is 3. The van der Waals surface area contributed by atoms with Crippen LogP contribution in [0.15, 0.2) is 77.5 Å². The van der Waals surface area contributed by atoms with Crippen LogP contribution in [0.1, 0.15) is 35.3 Å². The standard InChI is InChI=1S/C29H25Cl2N3O5/c1-16(2)39-29(38)19-6-4-7-21(15-19)32-24(35)14-18-10-12-20(13-11-18)33-26-25(31)27(36)34(28(26)37)23-9-5-8-22(30)17(23)3/h4-13,15-16,33H,14H2,1-3H3,(H,32,35). The number of carbonyl (C=O) groups excluding carboxylic acids is 4. The molecular weight excluding hydrogens is 541 g/mol. The van der Waals surface area contributed by atoms with Gasteiger partial charge in [-0.1, -0.05) is 47.5 Å². The number of nitrogens with one attached hydrogen (secondary N) is 2. The fourth-order valence-corrected chi connectivity index (χ4v) is 4.30. The van der Waals surface area contributed by atoms with Crippen molar-refractivity contribution in [3.8, 4) is 0 Å². The molecule has 8 nitrogen and oxygen atoms in total. The van der Waals surface area contributed by atoms with Crippen LogP contribution in [0.2, 0.25) is 5.02 Å². The molecule has 0 aromatic heterocycles. The number of rotatable bonds is 8. The summed E-state index contributed by atoms with van der Waals surface area (Å²) in [5, 5.41) is 5.88. The van der Waals surface area contributed by atoms with Crippen LogP contribution < -0.4 is 15.5 Å². The number of anilines is 3. The summed E-state index contributed by atoms with van der Waals surface area (Å²) in [7, 11) is 0. The second-order valence-electron chi connectivity index (χ2n) is 9.10. The molecule has 4 rings (SSSR count). The Bertz CT molecular complexity index is 1500. The van der Waals surface area contributed by atoms with Crippen LogP contribution in [-0.4, -0.2) is 29.8 Å². The van der Waals surface area contributed by atoms with Gasteiger partial charge in [-0.15, -0.1) is 0 Å². The highest BCUT2D eigenvalue weighted by molar-refractivity contribution is 6.53. The Hall–Kier alpha value is -4.14. The lowest BCUT2D eigenvalue weighted by molar-refractivity contribution is -0.120. The molecule has 3 amide bonds. The van der Waals surface area contributed by atoms with Gasteiger partial charge in [0.1, 0.15) is 10.7 Å². The van der Waals surface area contributed by atoms with Gasteiger partial charge in [-0.05, 0) is 74.4 Å². The summed E-state index contributed by atoms with van der Waals surface area (Å²) in [6, 6.07) is 18.2. The minimum absolute atomic E-state index is 0.0533. The molecule has 0 fully saturated rings. The zero-order valence-corrected chi connectivity index (χ0v) is 22.9. The average molecular weight is 566 g/mol. The van der Waals surface area contributed by atoms with E-state index < -0.39 is 17.8 Å². The maximum absolute atomic E-state index is 13.1. The van der Waals surface area contributed by atoms with Crippen LogP contribution >= 0.6 is 23.2 Å². The first-order chi connectivity index (χ1) is 18.5. The molecule has 0 saturated carbocycles. The smallest absolute Gasteiger partial charge is 0.338 e. The van der Waals surface area contributed by atoms with E-state index in [-0.39, 0.29) is 29.2 Å². The number of halogens is 2. The van der Waals surface area contributed by atoms with Gasteiger partial charge < -0.3 is 15.4 Å². The Morgan fingerprint density at radius 1 is 0.923 bits per heavy atom. The van der Waals surface area contributed by atoms with E-state index in [1.54, 1.807) is 87.5 Å². The van der Waals surface area contributed by atoms with Crippen molar-refractivity contribution in [2.24, 2.45) is 0 Å². The molecule has 200 valence electrons. The van der Waals surface area contributed by atoms with Gasteiger partial charge in [-0.2, -0.15) is 0 Å². The molecule has 3 aromatic rings. The summed E-state index contributed by atoms with van der Waals surface area (Å²) in [4.78, 5) is 51.5. The summed E-state index contributed by atoms with van der Waals surface area (Å²) in [6.07, 6.45) is -0.178.